The summed E-state index contributed by atoms with van der Waals surface area (Å²) in [6.45, 7) is 3.70. The second-order valence-electron chi connectivity index (χ2n) is 3.97. The molecule has 0 amide bonds. The molecule has 2 rings (SSSR count). The van der Waals surface area contributed by atoms with Crippen molar-refractivity contribution in [2.75, 3.05) is 24.3 Å². The summed E-state index contributed by atoms with van der Waals surface area (Å²) >= 11 is 0. The van der Waals surface area contributed by atoms with Crippen molar-refractivity contribution < 1.29 is 4.74 Å². The van der Waals surface area contributed by atoms with Crippen molar-refractivity contribution in [3.05, 3.63) is 17.8 Å². The molecule has 82 valence electrons. The zero-order valence-electron chi connectivity index (χ0n) is 8.99. The summed E-state index contributed by atoms with van der Waals surface area (Å²) in [4.78, 5) is 4.29. The molecule has 0 spiro atoms. The van der Waals surface area contributed by atoms with Gasteiger partial charge >= 0.3 is 0 Å². The van der Waals surface area contributed by atoms with Crippen molar-refractivity contribution in [2.24, 2.45) is 0 Å². The number of nitrogens with one attached hydrogen (secondary N) is 1. The van der Waals surface area contributed by atoms with E-state index in [0.29, 0.717) is 11.7 Å². The van der Waals surface area contributed by atoms with Gasteiger partial charge in [0.1, 0.15) is 5.82 Å². The van der Waals surface area contributed by atoms with Crippen molar-refractivity contribution in [3.8, 4) is 0 Å². The monoisotopic (exact) mass is 207 g/mol. The molecule has 1 aromatic heterocycles. The van der Waals surface area contributed by atoms with Crippen molar-refractivity contribution in [1.29, 1.82) is 0 Å². The van der Waals surface area contributed by atoms with Crippen LogP contribution in [0.3, 0.4) is 0 Å². The Labute approximate surface area is 89.8 Å². The van der Waals surface area contributed by atoms with Gasteiger partial charge in [-0.05, 0) is 31.4 Å². The van der Waals surface area contributed by atoms with E-state index < -0.39 is 0 Å². The van der Waals surface area contributed by atoms with Gasteiger partial charge in [0.15, 0.2) is 0 Å². The molecule has 0 saturated carbocycles. The van der Waals surface area contributed by atoms with Crippen LogP contribution >= 0.6 is 0 Å². The minimum absolute atomic E-state index is 0.480. The van der Waals surface area contributed by atoms with Gasteiger partial charge in [0.25, 0.3) is 0 Å². The maximum absolute atomic E-state index is 5.65. The summed E-state index contributed by atoms with van der Waals surface area (Å²) in [6, 6.07) is 2.42. The van der Waals surface area contributed by atoms with Gasteiger partial charge in [0.2, 0.25) is 0 Å². The number of nitrogens with zero attached hydrogens (tertiary/aromatic N) is 1. The quantitative estimate of drug-likeness (QED) is 0.772. The summed E-state index contributed by atoms with van der Waals surface area (Å²) in [5.74, 6) is 0.941. The fraction of sp³-hybridized carbons (Fsp3) is 0.545. The van der Waals surface area contributed by atoms with Gasteiger partial charge < -0.3 is 15.8 Å². The average molecular weight is 207 g/mol. The molecule has 1 fully saturated rings. The Balaban J connectivity index is 2.03. The Kier molecular flexibility index (Phi) is 3.06. The molecular weight excluding hydrogens is 190 g/mol. The highest BCUT2D eigenvalue weighted by molar-refractivity contribution is 5.51. The van der Waals surface area contributed by atoms with E-state index in [1.807, 2.05) is 13.0 Å². The van der Waals surface area contributed by atoms with E-state index in [2.05, 4.69) is 10.3 Å². The molecule has 1 aromatic rings. The minimum atomic E-state index is 0.480. The highest BCUT2D eigenvalue weighted by Gasteiger charge is 2.14. The van der Waals surface area contributed by atoms with Crippen LogP contribution in [0.25, 0.3) is 0 Å². The maximum Gasteiger partial charge on any atom is 0.129 e. The molecule has 15 heavy (non-hydrogen) atoms. The number of ether oxygens (including phenoxy) is 1. The van der Waals surface area contributed by atoms with E-state index in [1.54, 1.807) is 6.20 Å². The van der Waals surface area contributed by atoms with E-state index in [4.69, 9.17) is 10.5 Å². The predicted molar refractivity (Wildman–Crippen MR) is 60.9 cm³/mol. The van der Waals surface area contributed by atoms with Crippen LogP contribution in [0.5, 0.6) is 0 Å². The van der Waals surface area contributed by atoms with E-state index in [0.717, 1.165) is 37.4 Å². The van der Waals surface area contributed by atoms with Gasteiger partial charge in [-0.25, -0.2) is 4.98 Å². The Morgan fingerprint density at radius 2 is 2.20 bits per heavy atom. The normalized spacial score (nSPS) is 17.7. The van der Waals surface area contributed by atoms with E-state index in [1.165, 1.54) is 0 Å². The first-order chi connectivity index (χ1) is 7.25. The Morgan fingerprint density at radius 3 is 2.87 bits per heavy atom. The number of nitrogen functional groups attached to an aromatic ring is 1. The molecule has 0 aromatic carbocycles. The summed E-state index contributed by atoms with van der Waals surface area (Å²) in [7, 11) is 0. The zero-order chi connectivity index (χ0) is 10.7. The number of pyridine rings is 1. The second-order valence-corrected chi connectivity index (χ2v) is 3.97. The number of aromatic nitrogens is 1. The number of hydrogen-bond donors (Lipinski definition) is 2. The molecule has 4 heteroatoms. The number of aryl methyl sites for hydroxylation is 1. The Hall–Kier alpha value is -1.29. The highest BCUT2D eigenvalue weighted by atomic mass is 16.5. The number of rotatable bonds is 2. The third-order valence-electron chi connectivity index (χ3n) is 2.66. The molecule has 4 nitrogen and oxygen atoms in total. The van der Waals surface area contributed by atoms with Gasteiger partial charge in [0.05, 0.1) is 11.9 Å². The van der Waals surface area contributed by atoms with Crippen LogP contribution in [-0.4, -0.2) is 24.2 Å². The lowest BCUT2D eigenvalue weighted by Crippen LogP contribution is -2.28. The van der Waals surface area contributed by atoms with Crippen molar-refractivity contribution in [2.45, 2.75) is 25.8 Å². The van der Waals surface area contributed by atoms with Crippen LogP contribution in [0.4, 0.5) is 11.5 Å². The van der Waals surface area contributed by atoms with Crippen LogP contribution in [0, 0.1) is 6.92 Å². The van der Waals surface area contributed by atoms with Crippen molar-refractivity contribution >= 4 is 11.5 Å². The summed E-state index contributed by atoms with van der Waals surface area (Å²) < 4.78 is 5.31. The first kappa shape index (κ1) is 10.2. The predicted octanol–water partition coefficient (Wildman–Crippen LogP) is 1.56. The molecule has 0 unspecified atom stereocenters. The highest BCUT2D eigenvalue weighted by Crippen LogP contribution is 2.18. The molecule has 1 aliphatic heterocycles. The molecule has 1 saturated heterocycles. The van der Waals surface area contributed by atoms with Gasteiger partial charge in [-0.15, -0.1) is 0 Å². The van der Waals surface area contributed by atoms with Crippen LogP contribution in [0.1, 0.15) is 18.4 Å². The van der Waals surface area contributed by atoms with E-state index >= 15 is 0 Å². The van der Waals surface area contributed by atoms with E-state index in [9.17, 15) is 0 Å². The van der Waals surface area contributed by atoms with Gasteiger partial charge in [-0.2, -0.15) is 0 Å². The smallest absolute Gasteiger partial charge is 0.129 e. The average Bonchev–Trinajstić information content (AvgIpc) is 2.24. The molecule has 2 heterocycles. The standard InChI is InChI=1S/C11H17N3O/c1-8-6-9(12)7-13-11(8)14-10-2-4-15-5-3-10/h6-7,10H,2-5,12H2,1H3,(H,13,14). The van der Waals surface area contributed by atoms with Gasteiger partial charge in [-0.1, -0.05) is 0 Å². The molecule has 0 atom stereocenters. The fourth-order valence-corrected chi connectivity index (χ4v) is 1.78. The largest absolute Gasteiger partial charge is 0.397 e. The third-order valence-corrected chi connectivity index (χ3v) is 2.66. The number of nitrogens with two attached hydrogens (primary N) is 1. The number of hydrogen-bond acceptors (Lipinski definition) is 4. The van der Waals surface area contributed by atoms with Crippen molar-refractivity contribution in [3.63, 3.8) is 0 Å². The number of anilines is 2. The van der Waals surface area contributed by atoms with E-state index in [-0.39, 0.29) is 0 Å². The van der Waals surface area contributed by atoms with Crippen molar-refractivity contribution in [1.82, 2.24) is 4.98 Å². The zero-order valence-corrected chi connectivity index (χ0v) is 8.99. The van der Waals surface area contributed by atoms with Gasteiger partial charge in [0, 0.05) is 19.3 Å². The molecular formula is C11H17N3O. The summed E-state index contributed by atoms with van der Waals surface area (Å²) in [5, 5.41) is 3.43. The maximum atomic E-state index is 5.65. The van der Waals surface area contributed by atoms with Crippen LogP contribution in [0.2, 0.25) is 0 Å². The first-order valence-electron chi connectivity index (χ1n) is 5.32. The molecule has 0 bridgehead atoms. The Morgan fingerprint density at radius 1 is 1.47 bits per heavy atom. The lowest BCUT2D eigenvalue weighted by atomic mass is 10.1. The topological polar surface area (TPSA) is 60.2 Å². The van der Waals surface area contributed by atoms with Crippen LogP contribution < -0.4 is 11.1 Å². The van der Waals surface area contributed by atoms with Gasteiger partial charge in [-0.3, -0.25) is 0 Å². The molecule has 3 N–H and O–H groups in total. The first-order valence-corrected chi connectivity index (χ1v) is 5.32. The molecule has 1 aliphatic rings. The summed E-state index contributed by atoms with van der Waals surface area (Å²) in [5.41, 5.74) is 7.46. The molecule has 0 radical (unpaired) electrons. The minimum Gasteiger partial charge on any atom is -0.397 e. The fourth-order valence-electron chi connectivity index (χ4n) is 1.78. The lowest BCUT2D eigenvalue weighted by molar-refractivity contribution is 0.0904. The van der Waals surface area contributed by atoms with Crippen LogP contribution in [-0.2, 0) is 4.74 Å². The third kappa shape index (κ3) is 2.59. The lowest BCUT2D eigenvalue weighted by Gasteiger charge is -2.24. The van der Waals surface area contributed by atoms with Crippen LogP contribution in [0.15, 0.2) is 12.3 Å². The Bertz CT molecular complexity index is 335. The SMILES string of the molecule is Cc1cc(N)cnc1NC1CCOCC1. The molecule has 0 aliphatic carbocycles. The summed E-state index contributed by atoms with van der Waals surface area (Å²) in [6.07, 6.45) is 3.78. The second kappa shape index (κ2) is 4.49.